The molecule has 2 rings (SSSR count). The summed E-state index contributed by atoms with van der Waals surface area (Å²) in [6, 6.07) is 0. The van der Waals surface area contributed by atoms with Gasteiger partial charge < -0.3 is 4.74 Å². The minimum Gasteiger partial charge on any atom is -0.444 e. The lowest BCUT2D eigenvalue weighted by Gasteiger charge is -2.19. The van der Waals surface area contributed by atoms with Gasteiger partial charge in [0.15, 0.2) is 11.5 Å². The van der Waals surface area contributed by atoms with Gasteiger partial charge in [0.05, 0.1) is 12.4 Å². The SMILES string of the molecule is CC(C)(C)OC(=O)Nc1cn2cnnc2cn1. The minimum absolute atomic E-state index is 0.381. The van der Waals surface area contributed by atoms with Crippen LogP contribution in [-0.2, 0) is 4.74 Å². The second-order valence-corrected chi connectivity index (χ2v) is 4.50. The fraction of sp³-hybridized carbons (Fsp3) is 0.400. The van der Waals surface area contributed by atoms with Crippen molar-refractivity contribution in [3.8, 4) is 0 Å². The summed E-state index contributed by atoms with van der Waals surface area (Å²) in [6.07, 6.45) is 4.10. The van der Waals surface area contributed by atoms with Crippen molar-refractivity contribution in [3.05, 3.63) is 18.7 Å². The van der Waals surface area contributed by atoms with Crippen molar-refractivity contribution in [2.24, 2.45) is 0 Å². The lowest BCUT2D eigenvalue weighted by atomic mass is 10.2. The van der Waals surface area contributed by atoms with Crippen LogP contribution in [0.1, 0.15) is 20.8 Å². The summed E-state index contributed by atoms with van der Waals surface area (Å²) in [4.78, 5) is 15.5. The Morgan fingerprint density at radius 2 is 2.24 bits per heavy atom. The molecule has 2 aromatic rings. The third-order valence-corrected chi connectivity index (χ3v) is 1.81. The number of rotatable bonds is 1. The molecule has 0 aliphatic rings. The number of carbonyl (C=O) groups is 1. The highest BCUT2D eigenvalue weighted by Crippen LogP contribution is 2.10. The van der Waals surface area contributed by atoms with Gasteiger partial charge in [-0.2, -0.15) is 0 Å². The molecule has 0 atom stereocenters. The third kappa shape index (κ3) is 2.90. The van der Waals surface area contributed by atoms with Crippen LogP contribution >= 0.6 is 0 Å². The van der Waals surface area contributed by atoms with Crippen LogP contribution < -0.4 is 5.32 Å². The number of anilines is 1. The Hall–Kier alpha value is -2.18. The molecule has 0 spiro atoms. The molecule has 0 radical (unpaired) electrons. The van der Waals surface area contributed by atoms with Crippen molar-refractivity contribution in [1.82, 2.24) is 19.6 Å². The lowest BCUT2D eigenvalue weighted by Crippen LogP contribution is -2.27. The summed E-state index contributed by atoms with van der Waals surface area (Å²) < 4.78 is 6.76. The molecule has 2 heterocycles. The molecular weight excluding hydrogens is 222 g/mol. The van der Waals surface area contributed by atoms with Crippen molar-refractivity contribution in [2.45, 2.75) is 26.4 Å². The number of nitrogens with zero attached hydrogens (tertiary/aromatic N) is 4. The van der Waals surface area contributed by atoms with Crippen LogP contribution in [-0.4, -0.2) is 31.3 Å². The smallest absolute Gasteiger partial charge is 0.413 e. The Kier molecular flexibility index (Phi) is 2.66. The van der Waals surface area contributed by atoms with Gasteiger partial charge in [0.1, 0.15) is 11.9 Å². The summed E-state index contributed by atoms with van der Waals surface area (Å²) >= 11 is 0. The van der Waals surface area contributed by atoms with E-state index in [0.717, 1.165) is 0 Å². The van der Waals surface area contributed by atoms with Gasteiger partial charge in [0, 0.05) is 0 Å². The first-order chi connectivity index (χ1) is 7.94. The molecular formula is C10H13N5O2. The topological polar surface area (TPSA) is 81.4 Å². The lowest BCUT2D eigenvalue weighted by molar-refractivity contribution is 0.0635. The number of hydrogen-bond donors (Lipinski definition) is 1. The van der Waals surface area contributed by atoms with Gasteiger partial charge >= 0.3 is 6.09 Å². The van der Waals surface area contributed by atoms with Gasteiger partial charge in [0.25, 0.3) is 0 Å². The second-order valence-electron chi connectivity index (χ2n) is 4.50. The molecule has 1 N–H and O–H groups in total. The van der Waals surface area contributed by atoms with Crippen LogP contribution in [0.5, 0.6) is 0 Å². The van der Waals surface area contributed by atoms with Crippen molar-refractivity contribution < 1.29 is 9.53 Å². The van der Waals surface area contributed by atoms with Crippen LogP contribution in [0, 0.1) is 0 Å². The second kappa shape index (κ2) is 4.00. The van der Waals surface area contributed by atoms with Crippen LogP contribution in [0.25, 0.3) is 5.65 Å². The highest BCUT2D eigenvalue weighted by atomic mass is 16.6. The monoisotopic (exact) mass is 235 g/mol. The largest absolute Gasteiger partial charge is 0.444 e. The predicted molar refractivity (Wildman–Crippen MR) is 60.6 cm³/mol. The van der Waals surface area contributed by atoms with E-state index in [1.807, 2.05) is 0 Å². The molecule has 1 amide bonds. The number of nitrogens with one attached hydrogen (secondary N) is 1. The highest BCUT2D eigenvalue weighted by molar-refractivity contribution is 5.83. The zero-order valence-corrected chi connectivity index (χ0v) is 9.84. The summed E-state index contributed by atoms with van der Waals surface area (Å²) in [5.41, 5.74) is 0.0739. The molecule has 0 aliphatic heterocycles. The third-order valence-electron chi connectivity index (χ3n) is 1.81. The normalized spacial score (nSPS) is 11.5. The molecule has 7 heteroatoms. The number of aromatic nitrogens is 4. The van der Waals surface area contributed by atoms with Crippen molar-refractivity contribution in [2.75, 3.05) is 5.32 Å². The van der Waals surface area contributed by atoms with E-state index in [2.05, 4.69) is 20.5 Å². The average molecular weight is 235 g/mol. The van der Waals surface area contributed by atoms with Crippen molar-refractivity contribution in [1.29, 1.82) is 0 Å². The van der Waals surface area contributed by atoms with E-state index in [0.29, 0.717) is 11.5 Å². The van der Waals surface area contributed by atoms with E-state index in [1.165, 1.54) is 12.5 Å². The maximum Gasteiger partial charge on any atom is 0.413 e. The maximum absolute atomic E-state index is 11.5. The van der Waals surface area contributed by atoms with E-state index in [4.69, 9.17) is 4.74 Å². The van der Waals surface area contributed by atoms with E-state index < -0.39 is 11.7 Å². The molecule has 0 aliphatic carbocycles. The van der Waals surface area contributed by atoms with Crippen LogP contribution in [0.15, 0.2) is 18.7 Å². The zero-order chi connectivity index (χ0) is 12.5. The summed E-state index contributed by atoms with van der Waals surface area (Å²) in [6.45, 7) is 5.38. The molecule has 0 bridgehead atoms. The Morgan fingerprint density at radius 3 is 2.94 bits per heavy atom. The number of fused-ring (bicyclic) bond motifs is 1. The minimum atomic E-state index is -0.544. The summed E-state index contributed by atoms with van der Waals surface area (Å²) in [7, 11) is 0. The fourth-order valence-electron chi connectivity index (χ4n) is 1.21. The standard InChI is InChI=1S/C10H13N5O2/c1-10(2,3)17-9(16)13-7-5-15-6-12-14-8(15)4-11-7/h4-6H,1-3H3,(H,13,16). The van der Waals surface area contributed by atoms with Gasteiger partial charge in [-0.25, -0.2) is 9.78 Å². The molecule has 0 saturated heterocycles. The van der Waals surface area contributed by atoms with Gasteiger partial charge in [-0.15, -0.1) is 10.2 Å². The van der Waals surface area contributed by atoms with Gasteiger partial charge in [-0.1, -0.05) is 0 Å². The predicted octanol–water partition coefficient (Wildman–Crippen LogP) is 1.47. The molecule has 0 saturated carbocycles. The van der Waals surface area contributed by atoms with Crippen LogP contribution in [0.3, 0.4) is 0 Å². The van der Waals surface area contributed by atoms with E-state index in [1.54, 1.807) is 31.4 Å². The summed E-state index contributed by atoms with van der Waals surface area (Å²) in [5, 5.41) is 10.0. The van der Waals surface area contributed by atoms with Crippen molar-refractivity contribution >= 4 is 17.6 Å². The van der Waals surface area contributed by atoms with Gasteiger partial charge in [-0.05, 0) is 20.8 Å². The Balaban J connectivity index is 2.10. The fourth-order valence-corrected chi connectivity index (χ4v) is 1.21. The Labute approximate surface area is 97.8 Å². The van der Waals surface area contributed by atoms with E-state index in [-0.39, 0.29) is 0 Å². The van der Waals surface area contributed by atoms with Gasteiger partial charge in [-0.3, -0.25) is 9.72 Å². The van der Waals surface area contributed by atoms with Gasteiger partial charge in [0.2, 0.25) is 0 Å². The quantitative estimate of drug-likeness (QED) is 0.809. The molecule has 0 fully saturated rings. The number of ether oxygens (including phenoxy) is 1. The highest BCUT2D eigenvalue weighted by Gasteiger charge is 2.16. The molecule has 0 unspecified atom stereocenters. The number of hydrogen-bond acceptors (Lipinski definition) is 5. The maximum atomic E-state index is 11.5. The zero-order valence-electron chi connectivity index (χ0n) is 9.84. The Morgan fingerprint density at radius 1 is 1.47 bits per heavy atom. The Bertz CT molecular complexity index is 543. The first-order valence-electron chi connectivity index (χ1n) is 5.09. The average Bonchev–Trinajstić information content (AvgIpc) is 2.61. The van der Waals surface area contributed by atoms with E-state index in [9.17, 15) is 4.79 Å². The first kappa shape index (κ1) is 11.3. The molecule has 90 valence electrons. The number of carbonyl (C=O) groups excluding carboxylic acids is 1. The molecule has 17 heavy (non-hydrogen) atoms. The first-order valence-corrected chi connectivity index (χ1v) is 5.09. The molecule has 7 nitrogen and oxygen atoms in total. The van der Waals surface area contributed by atoms with Crippen LogP contribution in [0.4, 0.5) is 10.6 Å². The van der Waals surface area contributed by atoms with E-state index >= 15 is 0 Å². The molecule has 0 aromatic carbocycles. The number of amides is 1. The van der Waals surface area contributed by atoms with Crippen molar-refractivity contribution in [3.63, 3.8) is 0 Å². The van der Waals surface area contributed by atoms with Crippen LogP contribution in [0.2, 0.25) is 0 Å². The molecule has 2 aromatic heterocycles. The summed E-state index contributed by atoms with van der Waals surface area (Å²) in [5.74, 6) is 0.381.